The van der Waals surface area contributed by atoms with Gasteiger partial charge >= 0.3 is 5.97 Å². The molecule has 4 aliphatic rings. The molecule has 16 heteroatoms. The number of phenols is 1. The number of aryl methyl sites for hydroxylation is 1. The third kappa shape index (κ3) is 9.66. The number of amides is 4. The summed E-state index contributed by atoms with van der Waals surface area (Å²) in [5.41, 5.74) is 9.58. The molecular formula is C51H66N8O8. The predicted octanol–water partition coefficient (Wildman–Crippen LogP) is 4.80. The highest BCUT2D eigenvalue weighted by Gasteiger charge is 2.46. The molecule has 4 amide bonds. The van der Waals surface area contributed by atoms with Crippen molar-refractivity contribution in [3.05, 3.63) is 71.5 Å². The number of esters is 1. The van der Waals surface area contributed by atoms with Crippen LogP contribution in [0.25, 0.3) is 33.3 Å². The number of aromatic hydroxyl groups is 1. The summed E-state index contributed by atoms with van der Waals surface area (Å²) >= 11 is 0. The van der Waals surface area contributed by atoms with Crippen molar-refractivity contribution in [2.45, 2.75) is 123 Å². The van der Waals surface area contributed by atoms with E-state index < -0.39 is 47.2 Å². The fourth-order valence-corrected chi connectivity index (χ4v) is 10.8. The molecule has 8 rings (SSSR count). The highest BCUT2D eigenvalue weighted by atomic mass is 16.5. The number of nitrogens with zero attached hydrogens (tertiary/aromatic N) is 4. The minimum Gasteiger partial charge on any atom is -0.508 e. The van der Waals surface area contributed by atoms with Gasteiger partial charge in [-0.25, -0.2) is 5.43 Å². The Morgan fingerprint density at radius 3 is 2.60 bits per heavy atom. The zero-order valence-corrected chi connectivity index (χ0v) is 40.0. The van der Waals surface area contributed by atoms with Crippen molar-refractivity contribution in [3.63, 3.8) is 0 Å². The largest absolute Gasteiger partial charge is 0.508 e. The van der Waals surface area contributed by atoms with Crippen molar-refractivity contribution >= 4 is 40.5 Å². The lowest BCUT2D eigenvalue weighted by Gasteiger charge is -2.37. The van der Waals surface area contributed by atoms with E-state index in [2.05, 4.69) is 64.9 Å². The zero-order valence-electron chi connectivity index (χ0n) is 40.0. The maximum absolute atomic E-state index is 14.8. The van der Waals surface area contributed by atoms with Gasteiger partial charge in [-0.05, 0) is 111 Å². The van der Waals surface area contributed by atoms with Crippen LogP contribution in [0.4, 0.5) is 0 Å². The number of nitrogens with one attached hydrogen (secondary N) is 4. The lowest BCUT2D eigenvalue weighted by molar-refractivity contribution is -0.155. The Morgan fingerprint density at radius 1 is 1.06 bits per heavy atom. The molecule has 2 aromatic carbocycles. The molecule has 6 bridgehead atoms. The molecule has 5 N–H and O–H groups in total. The van der Waals surface area contributed by atoms with E-state index >= 15 is 0 Å². The summed E-state index contributed by atoms with van der Waals surface area (Å²) < 4.78 is 14.2. The van der Waals surface area contributed by atoms with Crippen LogP contribution in [0.15, 0.2) is 54.7 Å². The molecule has 3 aliphatic heterocycles. The Bertz CT molecular complexity index is 2550. The average Bonchev–Trinajstić information content (AvgIpc) is 3.86. The summed E-state index contributed by atoms with van der Waals surface area (Å²) in [6.07, 6.45) is 4.19. The number of likely N-dealkylation sites (N-methyl/N-ethyl adjacent to an activating group) is 1. The topological polar surface area (TPSA) is 196 Å². The maximum atomic E-state index is 14.8. The molecule has 4 aromatic rings. The highest BCUT2D eigenvalue weighted by molar-refractivity contribution is 5.96. The van der Waals surface area contributed by atoms with E-state index in [9.17, 15) is 29.1 Å². The Labute approximate surface area is 392 Å². The standard InChI is InChI=1S/C51H66N8O8/c1-9-58-41-17-14-31-24-36(41)37(46(58)34-12-10-18-52-43(34)29(4)66-8)25-51(5,6)27-67-50(65)39-13-11-19-59(56-39)49(64)40(22-30-20-32(31)23-33(60)21-30)55-47(62)45(28(2)3)57(7)48(63)35-15-16-38-44(35)53-26-42(61)54-38/h10,12,14,17-18,20-21,23-24,28-29,35,38-40,44-45,53,56,60H,9,11,13,15-16,19,22,25-27H2,1-8H3,(H,54,61)(H,55,62)/t29-,35-,38+,39-,40-,44-,45-/m0/s1. The zero-order chi connectivity index (χ0) is 47.9. The summed E-state index contributed by atoms with van der Waals surface area (Å²) in [6.45, 7) is 13.1. The number of pyridine rings is 1. The minimum absolute atomic E-state index is 0.00273. The van der Waals surface area contributed by atoms with Crippen LogP contribution in [0.2, 0.25) is 0 Å². The molecule has 0 radical (unpaired) electrons. The number of hydrogen-bond donors (Lipinski definition) is 5. The quantitative estimate of drug-likeness (QED) is 0.145. The molecular weight excluding hydrogens is 853 g/mol. The Morgan fingerprint density at radius 2 is 1.85 bits per heavy atom. The fraction of sp³-hybridized carbons (Fsp3) is 0.529. The Hall–Kier alpha value is -5.84. The van der Waals surface area contributed by atoms with E-state index in [-0.39, 0.29) is 67.8 Å². The Kier molecular flexibility index (Phi) is 13.8. The number of hydrogen-bond acceptors (Lipinski definition) is 11. The van der Waals surface area contributed by atoms with Crippen LogP contribution in [0.3, 0.4) is 0 Å². The summed E-state index contributed by atoms with van der Waals surface area (Å²) in [4.78, 5) is 75.9. The van der Waals surface area contributed by atoms with Gasteiger partial charge in [-0.3, -0.25) is 34.0 Å². The third-order valence-electron chi connectivity index (χ3n) is 14.2. The number of aromatic nitrogens is 2. The van der Waals surface area contributed by atoms with Crippen LogP contribution >= 0.6 is 0 Å². The minimum atomic E-state index is -1.16. The molecule has 1 saturated carbocycles. The van der Waals surface area contributed by atoms with Gasteiger partial charge in [0.15, 0.2) is 0 Å². The number of phenolic OH excluding ortho intramolecular Hbond substituents is 1. The predicted molar refractivity (Wildman–Crippen MR) is 253 cm³/mol. The monoisotopic (exact) mass is 919 g/mol. The number of cyclic esters (lactones) is 1. The van der Waals surface area contributed by atoms with Crippen LogP contribution in [-0.4, -0.2) is 118 Å². The number of piperazine rings is 1. The number of benzene rings is 2. The number of hydrazine groups is 1. The van der Waals surface area contributed by atoms with E-state index in [1.165, 1.54) is 9.91 Å². The lowest BCUT2D eigenvalue weighted by Crippen LogP contribution is -2.63. The van der Waals surface area contributed by atoms with Crippen molar-refractivity contribution in [1.29, 1.82) is 0 Å². The van der Waals surface area contributed by atoms with E-state index in [1.807, 2.05) is 39.0 Å². The fourth-order valence-electron chi connectivity index (χ4n) is 10.8. The van der Waals surface area contributed by atoms with Crippen LogP contribution in [0, 0.1) is 17.3 Å². The summed E-state index contributed by atoms with van der Waals surface area (Å²) in [5, 5.41) is 23.0. The number of rotatable bonds is 9. The van der Waals surface area contributed by atoms with Crippen LogP contribution in [0.1, 0.15) is 90.2 Å². The van der Waals surface area contributed by atoms with Gasteiger partial charge in [0.1, 0.15) is 23.9 Å². The second-order valence-corrected chi connectivity index (χ2v) is 19.9. The molecule has 0 spiro atoms. The smallest absolute Gasteiger partial charge is 0.324 e. The van der Waals surface area contributed by atoms with Gasteiger partial charge in [0, 0.05) is 73.8 Å². The number of carbonyl (C=O) groups is 5. The first-order valence-corrected chi connectivity index (χ1v) is 23.8. The molecule has 2 saturated heterocycles. The molecule has 3 fully saturated rings. The van der Waals surface area contributed by atoms with Crippen molar-refractivity contribution in [3.8, 4) is 28.1 Å². The van der Waals surface area contributed by atoms with Gasteiger partial charge in [0.2, 0.25) is 17.7 Å². The van der Waals surface area contributed by atoms with E-state index in [0.29, 0.717) is 44.2 Å². The highest BCUT2D eigenvalue weighted by Crippen LogP contribution is 2.42. The molecule has 67 heavy (non-hydrogen) atoms. The lowest BCUT2D eigenvalue weighted by atomic mass is 9.84. The SMILES string of the molecule is CCn1c(-c2cccnc2[C@H](C)OC)c2c3cc(ccc31)-c1cc(O)cc(c1)C[C@H](NC(=O)[C@H](C(C)C)N(C)C(=O)[C@H]1CC[C@H]3NC(=O)CN[C@@H]13)C(=O)N1CCC[C@H](N1)C(=O)OCC(C)(C)C2. The van der Waals surface area contributed by atoms with Crippen molar-refractivity contribution in [2.75, 3.05) is 33.9 Å². The van der Waals surface area contributed by atoms with E-state index in [1.54, 1.807) is 32.5 Å². The summed E-state index contributed by atoms with van der Waals surface area (Å²) in [6, 6.07) is 12.2. The first kappa shape index (κ1) is 47.6. The number of ether oxygens (including phenoxy) is 2. The van der Waals surface area contributed by atoms with Gasteiger partial charge in [0.05, 0.1) is 36.6 Å². The first-order valence-electron chi connectivity index (χ1n) is 23.8. The van der Waals surface area contributed by atoms with Gasteiger partial charge in [0.25, 0.3) is 5.91 Å². The molecule has 16 nitrogen and oxygen atoms in total. The molecule has 0 unspecified atom stereocenters. The average molecular weight is 919 g/mol. The molecule has 358 valence electrons. The normalized spacial score (nSPS) is 24.0. The van der Waals surface area contributed by atoms with Crippen LogP contribution in [0.5, 0.6) is 5.75 Å². The molecule has 7 atom stereocenters. The third-order valence-corrected chi connectivity index (χ3v) is 14.2. The van der Waals surface area contributed by atoms with E-state index in [0.717, 1.165) is 44.5 Å². The number of fused-ring (bicyclic) bond motifs is 7. The van der Waals surface area contributed by atoms with Crippen molar-refractivity contribution in [1.82, 2.24) is 40.8 Å². The van der Waals surface area contributed by atoms with Gasteiger partial charge in [-0.2, -0.15) is 0 Å². The number of methoxy groups -OCH3 is 1. The van der Waals surface area contributed by atoms with E-state index in [4.69, 9.17) is 14.5 Å². The second-order valence-electron chi connectivity index (χ2n) is 19.9. The maximum Gasteiger partial charge on any atom is 0.324 e. The van der Waals surface area contributed by atoms with Crippen LogP contribution in [-0.2, 0) is 52.8 Å². The van der Waals surface area contributed by atoms with Crippen molar-refractivity contribution in [2.24, 2.45) is 17.3 Å². The molecule has 1 aliphatic carbocycles. The van der Waals surface area contributed by atoms with Gasteiger partial charge < -0.3 is 40.0 Å². The molecule has 5 heterocycles. The summed E-state index contributed by atoms with van der Waals surface area (Å²) in [5.74, 6) is -2.56. The summed E-state index contributed by atoms with van der Waals surface area (Å²) in [7, 11) is 3.29. The van der Waals surface area contributed by atoms with Gasteiger partial charge in [-0.15, -0.1) is 0 Å². The first-order chi connectivity index (χ1) is 32.0. The molecule has 2 aromatic heterocycles. The van der Waals surface area contributed by atoms with Crippen molar-refractivity contribution < 1.29 is 38.6 Å². The number of carbonyl (C=O) groups excluding carboxylic acids is 5. The Balaban J connectivity index is 1.19. The second kappa shape index (κ2) is 19.4. The van der Waals surface area contributed by atoms with Crippen LogP contribution < -0.4 is 21.4 Å². The van der Waals surface area contributed by atoms with Gasteiger partial charge in [-0.1, -0.05) is 39.8 Å².